The van der Waals surface area contributed by atoms with Crippen LogP contribution in [0.15, 0.2) is 53.7 Å². The molecule has 8 heteroatoms. The lowest BCUT2D eigenvalue weighted by atomic mass is 9.87. The molecule has 0 aliphatic rings. The van der Waals surface area contributed by atoms with E-state index in [-0.39, 0.29) is 23.0 Å². The lowest BCUT2D eigenvalue weighted by Crippen LogP contribution is -2.15. The molecule has 2 N–H and O–H groups in total. The van der Waals surface area contributed by atoms with E-state index in [9.17, 15) is 9.59 Å². The Morgan fingerprint density at radius 3 is 2.25 bits per heavy atom. The van der Waals surface area contributed by atoms with Gasteiger partial charge < -0.3 is 15.2 Å². The molecule has 0 bridgehead atoms. The van der Waals surface area contributed by atoms with E-state index in [1.807, 2.05) is 11.5 Å². The first-order chi connectivity index (χ1) is 15.2. The normalized spacial score (nSPS) is 11.3. The molecule has 2 amide bonds. The lowest BCUT2D eigenvalue weighted by molar-refractivity contribution is -0.114. The molecule has 0 unspecified atom stereocenters. The van der Waals surface area contributed by atoms with Gasteiger partial charge in [-0.25, -0.2) is 0 Å². The molecular formula is C24H29N5O2S. The highest BCUT2D eigenvalue weighted by molar-refractivity contribution is 7.99. The van der Waals surface area contributed by atoms with Crippen LogP contribution in [0.1, 0.15) is 40.2 Å². The predicted octanol–water partition coefficient (Wildman–Crippen LogP) is 4.95. The van der Waals surface area contributed by atoms with Crippen molar-refractivity contribution in [3.05, 3.63) is 54.1 Å². The maximum atomic E-state index is 12.5. The molecule has 168 valence electrons. The van der Waals surface area contributed by atoms with Gasteiger partial charge in [0.15, 0.2) is 11.0 Å². The minimum atomic E-state index is -0.160. The number of aromatic nitrogens is 3. The summed E-state index contributed by atoms with van der Waals surface area (Å²) in [5.41, 5.74) is 3.61. The Morgan fingerprint density at radius 1 is 1.00 bits per heavy atom. The first-order valence-electron chi connectivity index (χ1n) is 10.5. The topological polar surface area (TPSA) is 88.9 Å². The number of carbonyl (C=O) groups is 2. The number of nitrogens with zero attached hydrogens (tertiary/aromatic N) is 3. The van der Waals surface area contributed by atoms with Gasteiger partial charge in [-0.1, -0.05) is 62.9 Å². The Balaban J connectivity index is 1.67. The number of thioether (sulfide) groups is 1. The third-order valence-corrected chi connectivity index (χ3v) is 5.81. The largest absolute Gasteiger partial charge is 0.326 e. The van der Waals surface area contributed by atoms with Crippen molar-refractivity contribution in [3.63, 3.8) is 0 Å². The van der Waals surface area contributed by atoms with Crippen LogP contribution in [0.25, 0.3) is 11.4 Å². The summed E-state index contributed by atoms with van der Waals surface area (Å²) in [4.78, 5) is 23.7. The summed E-state index contributed by atoms with van der Waals surface area (Å²) in [5.74, 6) is 0.674. The Morgan fingerprint density at radius 2 is 1.66 bits per heavy atom. The summed E-state index contributed by atoms with van der Waals surface area (Å²) in [6, 6.07) is 15.4. The first kappa shape index (κ1) is 23.5. The van der Waals surface area contributed by atoms with Crippen molar-refractivity contribution in [2.24, 2.45) is 0 Å². The van der Waals surface area contributed by atoms with Crippen molar-refractivity contribution in [2.75, 3.05) is 16.4 Å². The molecule has 0 saturated carbocycles. The highest BCUT2D eigenvalue weighted by atomic mass is 32.2. The molecule has 32 heavy (non-hydrogen) atoms. The number of benzene rings is 2. The average Bonchev–Trinajstić information content (AvgIpc) is 3.14. The number of amides is 2. The standard InChI is InChI=1S/C24H29N5O2S/c1-6-29-22(17-10-12-18(13-11-17)24(3,4)5)27-28-23(29)32-15-21(31)26-20-9-7-8-19(14-20)25-16(2)30/h7-14H,6,15H2,1-5H3,(H,25,30)(H,26,31). The Bertz CT molecular complexity index is 1100. The third kappa shape index (κ3) is 5.97. The third-order valence-electron chi connectivity index (χ3n) is 4.84. The van der Waals surface area contributed by atoms with Gasteiger partial charge in [0, 0.05) is 30.4 Å². The number of carbonyl (C=O) groups excluding carboxylic acids is 2. The smallest absolute Gasteiger partial charge is 0.234 e. The molecule has 0 saturated heterocycles. The minimum absolute atomic E-state index is 0.0903. The van der Waals surface area contributed by atoms with Gasteiger partial charge in [-0.15, -0.1) is 10.2 Å². The summed E-state index contributed by atoms with van der Waals surface area (Å²) in [6.07, 6.45) is 0. The fourth-order valence-corrected chi connectivity index (χ4v) is 4.02. The SMILES string of the molecule is CCn1c(SCC(=O)Nc2cccc(NC(C)=O)c2)nnc1-c1ccc(C(C)(C)C)cc1. The van der Waals surface area contributed by atoms with Crippen LogP contribution < -0.4 is 10.6 Å². The summed E-state index contributed by atoms with van der Waals surface area (Å²) in [5, 5.41) is 14.9. The van der Waals surface area contributed by atoms with Gasteiger partial charge in [-0.2, -0.15) is 0 Å². The quantitative estimate of drug-likeness (QED) is 0.496. The summed E-state index contributed by atoms with van der Waals surface area (Å²) < 4.78 is 2.02. The van der Waals surface area contributed by atoms with Crippen molar-refractivity contribution in [1.29, 1.82) is 0 Å². The molecule has 0 radical (unpaired) electrons. The molecule has 0 aliphatic carbocycles. The lowest BCUT2D eigenvalue weighted by Gasteiger charge is -2.19. The van der Waals surface area contributed by atoms with Crippen LogP contribution in [0.2, 0.25) is 0 Å². The van der Waals surface area contributed by atoms with E-state index in [2.05, 4.69) is 65.9 Å². The van der Waals surface area contributed by atoms with Crippen LogP contribution in [0.5, 0.6) is 0 Å². The zero-order valence-corrected chi connectivity index (χ0v) is 19.9. The molecule has 3 aromatic rings. The van der Waals surface area contributed by atoms with Crippen LogP contribution in [-0.2, 0) is 21.5 Å². The molecule has 0 fully saturated rings. The van der Waals surface area contributed by atoms with Gasteiger partial charge in [0.05, 0.1) is 5.75 Å². The highest BCUT2D eigenvalue weighted by Gasteiger charge is 2.17. The number of hydrogen-bond donors (Lipinski definition) is 2. The van der Waals surface area contributed by atoms with E-state index in [0.29, 0.717) is 23.1 Å². The van der Waals surface area contributed by atoms with Crippen LogP contribution in [0, 0.1) is 0 Å². The van der Waals surface area contributed by atoms with Crippen molar-refractivity contribution in [2.45, 2.75) is 51.7 Å². The maximum Gasteiger partial charge on any atom is 0.234 e. The van der Waals surface area contributed by atoms with Crippen molar-refractivity contribution < 1.29 is 9.59 Å². The second-order valence-electron chi connectivity index (χ2n) is 8.48. The van der Waals surface area contributed by atoms with E-state index in [0.717, 1.165) is 11.4 Å². The van der Waals surface area contributed by atoms with E-state index in [1.165, 1.54) is 24.2 Å². The highest BCUT2D eigenvalue weighted by Crippen LogP contribution is 2.28. The van der Waals surface area contributed by atoms with Gasteiger partial charge >= 0.3 is 0 Å². The summed E-state index contributed by atoms with van der Waals surface area (Å²) in [7, 11) is 0. The zero-order chi connectivity index (χ0) is 23.3. The first-order valence-corrected chi connectivity index (χ1v) is 11.5. The van der Waals surface area contributed by atoms with E-state index in [4.69, 9.17) is 0 Å². The Hall–Kier alpha value is -3.13. The molecule has 0 spiro atoms. The van der Waals surface area contributed by atoms with Crippen molar-refractivity contribution in [3.8, 4) is 11.4 Å². The maximum absolute atomic E-state index is 12.5. The number of rotatable bonds is 7. The molecule has 0 aliphatic heterocycles. The fraction of sp³-hybridized carbons (Fsp3) is 0.333. The summed E-state index contributed by atoms with van der Waals surface area (Å²) in [6.45, 7) is 10.7. The second kappa shape index (κ2) is 9.99. The van der Waals surface area contributed by atoms with E-state index in [1.54, 1.807) is 24.3 Å². The molecular weight excluding hydrogens is 422 g/mol. The van der Waals surface area contributed by atoms with E-state index >= 15 is 0 Å². The summed E-state index contributed by atoms with van der Waals surface area (Å²) >= 11 is 1.34. The molecule has 7 nitrogen and oxygen atoms in total. The van der Waals surface area contributed by atoms with Crippen LogP contribution >= 0.6 is 11.8 Å². The molecule has 0 atom stereocenters. The Kier molecular flexibility index (Phi) is 7.35. The Labute approximate surface area is 193 Å². The van der Waals surface area contributed by atoms with Crippen molar-refractivity contribution >= 4 is 35.0 Å². The predicted molar refractivity (Wildman–Crippen MR) is 130 cm³/mol. The van der Waals surface area contributed by atoms with Crippen LogP contribution in [0.4, 0.5) is 11.4 Å². The van der Waals surface area contributed by atoms with Crippen LogP contribution in [0.3, 0.4) is 0 Å². The molecule has 1 heterocycles. The van der Waals surface area contributed by atoms with Crippen molar-refractivity contribution in [1.82, 2.24) is 14.8 Å². The molecule has 2 aromatic carbocycles. The zero-order valence-electron chi connectivity index (χ0n) is 19.1. The van der Waals surface area contributed by atoms with Gasteiger partial charge in [-0.05, 0) is 36.1 Å². The number of nitrogens with one attached hydrogen (secondary N) is 2. The minimum Gasteiger partial charge on any atom is -0.326 e. The average molecular weight is 452 g/mol. The van der Waals surface area contributed by atoms with Gasteiger partial charge in [0.2, 0.25) is 11.8 Å². The fourth-order valence-electron chi connectivity index (χ4n) is 3.22. The molecule has 1 aromatic heterocycles. The monoisotopic (exact) mass is 451 g/mol. The van der Waals surface area contributed by atoms with E-state index < -0.39 is 0 Å². The number of anilines is 2. The van der Waals surface area contributed by atoms with Gasteiger partial charge in [0.25, 0.3) is 0 Å². The van der Waals surface area contributed by atoms with Gasteiger partial charge in [-0.3, -0.25) is 9.59 Å². The van der Waals surface area contributed by atoms with Gasteiger partial charge in [0.1, 0.15) is 0 Å². The second-order valence-corrected chi connectivity index (χ2v) is 9.42. The molecule has 3 rings (SSSR count). The number of hydrogen-bond acceptors (Lipinski definition) is 5. The van der Waals surface area contributed by atoms with Crippen LogP contribution in [-0.4, -0.2) is 32.3 Å².